The van der Waals surface area contributed by atoms with Crippen LogP contribution in [0, 0.1) is 0 Å². The lowest BCUT2D eigenvalue weighted by Gasteiger charge is -2.19. The lowest BCUT2D eigenvalue weighted by molar-refractivity contribution is 0.0985. The average Bonchev–Trinajstić information content (AvgIpc) is 3.16. The Morgan fingerprint density at radius 1 is 1.04 bits per heavy atom. The van der Waals surface area contributed by atoms with Crippen LogP contribution in [0.25, 0.3) is 10.2 Å². The van der Waals surface area contributed by atoms with Gasteiger partial charge < -0.3 is 4.74 Å². The van der Waals surface area contributed by atoms with Gasteiger partial charge in [0.1, 0.15) is 5.75 Å². The van der Waals surface area contributed by atoms with Crippen molar-refractivity contribution in [1.82, 2.24) is 9.97 Å². The molecule has 0 spiro atoms. The quantitative estimate of drug-likeness (QED) is 0.514. The van der Waals surface area contributed by atoms with E-state index in [1.807, 2.05) is 42.5 Å². The molecule has 6 heteroatoms. The summed E-state index contributed by atoms with van der Waals surface area (Å²) in [5, 5.41) is 0.655. The van der Waals surface area contributed by atoms with E-state index >= 15 is 0 Å². The number of carbonyl (C=O) groups excluding carboxylic acids is 1. The summed E-state index contributed by atoms with van der Waals surface area (Å²) in [7, 11) is 1.60. The minimum atomic E-state index is -0.123. The zero-order valence-electron chi connectivity index (χ0n) is 14.7. The van der Waals surface area contributed by atoms with Gasteiger partial charge in [-0.3, -0.25) is 14.7 Å². The minimum absolute atomic E-state index is 0.123. The number of thiazole rings is 1. The first kappa shape index (κ1) is 17.2. The van der Waals surface area contributed by atoms with Gasteiger partial charge >= 0.3 is 0 Å². The van der Waals surface area contributed by atoms with Crippen LogP contribution in [0.4, 0.5) is 5.13 Å². The number of pyridine rings is 1. The van der Waals surface area contributed by atoms with Crippen LogP contribution >= 0.6 is 11.3 Å². The van der Waals surface area contributed by atoms with Gasteiger partial charge in [0, 0.05) is 11.8 Å². The molecule has 0 saturated carbocycles. The van der Waals surface area contributed by atoms with Gasteiger partial charge in [0.25, 0.3) is 5.91 Å². The molecule has 2 aromatic heterocycles. The molecule has 27 heavy (non-hydrogen) atoms. The second-order valence-corrected chi connectivity index (χ2v) is 6.91. The average molecular weight is 375 g/mol. The number of methoxy groups -OCH3 is 1. The molecule has 134 valence electrons. The van der Waals surface area contributed by atoms with Crippen LogP contribution in [0.1, 0.15) is 16.1 Å². The summed E-state index contributed by atoms with van der Waals surface area (Å²) in [6, 6.07) is 20.6. The molecule has 4 rings (SSSR count). The van der Waals surface area contributed by atoms with Gasteiger partial charge in [-0.05, 0) is 48.5 Å². The zero-order valence-corrected chi connectivity index (χ0v) is 15.5. The van der Waals surface area contributed by atoms with E-state index in [-0.39, 0.29) is 5.91 Å². The first-order chi connectivity index (χ1) is 13.2. The highest BCUT2D eigenvalue weighted by Crippen LogP contribution is 2.30. The Hall–Kier alpha value is -3.25. The number of nitrogens with zero attached hydrogens (tertiary/aromatic N) is 3. The van der Waals surface area contributed by atoms with E-state index in [9.17, 15) is 4.79 Å². The number of para-hydroxylation sites is 1. The lowest BCUT2D eigenvalue weighted by Crippen LogP contribution is -2.30. The number of hydrogen-bond acceptors (Lipinski definition) is 5. The number of fused-ring (bicyclic) bond motifs is 1. The van der Waals surface area contributed by atoms with Crippen molar-refractivity contribution < 1.29 is 9.53 Å². The zero-order chi connectivity index (χ0) is 18.6. The van der Waals surface area contributed by atoms with E-state index in [1.54, 1.807) is 42.5 Å². The molecule has 0 fully saturated rings. The third-order valence-corrected chi connectivity index (χ3v) is 5.20. The highest BCUT2D eigenvalue weighted by Gasteiger charge is 2.22. The first-order valence-corrected chi connectivity index (χ1v) is 9.27. The van der Waals surface area contributed by atoms with Crippen molar-refractivity contribution >= 4 is 32.6 Å². The third-order valence-electron chi connectivity index (χ3n) is 4.14. The van der Waals surface area contributed by atoms with Crippen molar-refractivity contribution in [2.75, 3.05) is 12.0 Å². The van der Waals surface area contributed by atoms with Crippen molar-refractivity contribution in [1.29, 1.82) is 0 Å². The second kappa shape index (κ2) is 7.55. The Labute approximate surface area is 160 Å². The summed E-state index contributed by atoms with van der Waals surface area (Å²) in [4.78, 5) is 24.0. The van der Waals surface area contributed by atoms with Gasteiger partial charge in [0.15, 0.2) is 5.13 Å². The Morgan fingerprint density at radius 3 is 2.52 bits per heavy atom. The van der Waals surface area contributed by atoms with Gasteiger partial charge in [0.05, 0.1) is 29.6 Å². The number of hydrogen-bond donors (Lipinski definition) is 0. The topological polar surface area (TPSA) is 55.3 Å². The summed E-state index contributed by atoms with van der Waals surface area (Å²) in [5.41, 5.74) is 2.26. The number of ether oxygens (including phenoxy) is 1. The largest absolute Gasteiger partial charge is 0.497 e. The molecule has 0 aliphatic heterocycles. The van der Waals surface area contributed by atoms with Gasteiger partial charge in [-0.1, -0.05) is 29.5 Å². The van der Waals surface area contributed by atoms with Crippen LogP contribution in [0.3, 0.4) is 0 Å². The highest BCUT2D eigenvalue weighted by atomic mass is 32.1. The SMILES string of the molecule is COc1ccc(C(=O)N(Cc2ccccn2)c2nc3ccccc3s2)cc1. The summed E-state index contributed by atoms with van der Waals surface area (Å²) in [5.74, 6) is 0.588. The lowest BCUT2D eigenvalue weighted by atomic mass is 10.2. The molecule has 0 N–H and O–H groups in total. The van der Waals surface area contributed by atoms with E-state index in [1.165, 1.54) is 11.3 Å². The van der Waals surface area contributed by atoms with Crippen LogP contribution in [0.2, 0.25) is 0 Å². The Balaban J connectivity index is 1.73. The monoisotopic (exact) mass is 375 g/mol. The Morgan fingerprint density at radius 2 is 1.81 bits per heavy atom. The fraction of sp³-hybridized carbons (Fsp3) is 0.0952. The van der Waals surface area contributed by atoms with Crippen molar-refractivity contribution in [2.24, 2.45) is 0 Å². The number of benzene rings is 2. The molecule has 0 atom stereocenters. The maximum absolute atomic E-state index is 13.3. The summed E-state index contributed by atoms with van der Waals surface area (Å²) in [6.45, 7) is 0.353. The molecule has 2 aromatic carbocycles. The van der Waals surface area contributed by atoms with E-state index < -0.39 is 0 Å². The van der Waals surface area contributed by atoms with E-state index in [4.69, 9.17) is 4.74 Å². The Kier molecular flexibility index (Phi) is 4.80. The highest BCUT2D eigenvalue weighted by molar-refractivity contribution is 7.22. The third kappa shape index (κ3) is 3.66. The fourth-order valence-electron chi connectivity index (χ4n) is 2.74. The van der Waals surface area contributed by atoms with E-state index in [0.29, 0.717) is 23.0 Å². The molecule has 1 amide bonds. The summed E-state index contributed by atoms with van der Waals surface area (Å²) in [6.07, 6.45) is 1.73. The molecular weight excluding hydrogens is 358 g/mol. The minimum Gasteiger partial charge on any atom is -0.497 e. The first-order valence-electron chi connectivity index (χ1n) is 8.46. The van der Waals surface area contributed by atoms with Gasteiger partial charge in [-0.25, -0.2) is 4.98 Å². The van der Waals surface area contributed by atoms with Crippen LogP contribution in [0.5, 0.6) is 5.75 Å². The van der Waals surface area contributed by atoms with Gasteiger partial charge in [0.2, 0.25) is 0 Å². The molecule has 0 aliphatic carbocycles. The second-order valence-electron chi connectivity index (χ2n) is 5.91. The standard InChI is InChI=1S/C21H17N3O2S/c1-26-17-11-9-15(10-12-17)20(25)24(14-16-6-4-5-13-22-16)21-23-18-7-2-3-8-19(18)27-21/h2-13H,14H2,1H3. The van der Waals surface area contributed by atoms with Crippen molar-refractivity contribution in [3.63, 3.8) is 0 Å². The molecule has 0 saturated heterocycles. The molecule has 2 heterocycles. The van der Waals surface area contributed by atoms with Crippen molar-refractivity contribution in [3.8, 4) is 5.75 Å². The number of carbonyl (C=O) groups is 1. The number of anilines is 1. The van der Waals surface area contributed by atoms with E-state index in [0.717, 1.165) is 15.9 Å². The van der Waals surface area contributed by atoms with Gasteiger partial charge in [-0.2, -0.15) is 0 Å². The Bertz CT molecular complexity index is 1030. The predicted molar refractivity (Wildman–Crippen MR) is 107 cm³/mol. The molecule has 5 nitrogen and oxygen atoms in total. The van der Waals surface area contributed by atoms with Gasteiger partial charge in [-0.15, -0.1) is 0 Å². The normalized spacial score (nSPS) is 10.7. The van der Waals surface area contributed by atoms with Crippen molar-refractivity contribution in [3.05, 3.63) is 84.2 Å². The predicted octanol–water partition coefficient (Wildman–Crippen LogP) is 4.55. The van der Waals surface area contributed by atoms with Crippen LogP contribution < -0.4 is 9.64 Å². The maximum Gasteiger partial charge on any atom is 0.260 e. The smallest absolute Gasteiger partial charge is 0.260 e. The van der Waals surface area contributed by atoms with Crippen LogP contribution in [0.15, 0.2) is 72.9 Å². The number of rotatable bonds is 5. The molecule has 4 aromatic rings. The molecule has 0 bridgehead atoms. The fourth-order valence-corrected chi connectivity index (χ4v) is 3.71. The molecule has 0 unspecified atom stereocenters. The van der Waals surface area contributed by atoms with Crippen LogP contribution in [-0.4, -0.2) is 23.0 Å². The molecular formula is C21H17N3O2S. The van der Waals surface area contributed by atoms with Crippen LogP contribution in [-0.2, 0) is 6.54 Å². The van der Waals surface area contributed by atoms with E-state index in [2.05, 4.69) is 9.97 Å². The summed E-state index contributed by atoms with van der Waals surface area (Å²) >= 11 is 1.50. The number of aromatic nitrogens is 2. The molecule has 0 aliphatic rings. The molecule has 0 radical (unpaired) electrons. The summed E-state index contributed by atoms with van der Waals surface area (Å²) < 4.78 is 6.23. The maximum atomic E-state index is 13.3. The van der Waals surface area contributed by atoms with Crippen molar-refractivity contribution in [2.45, 2.75) is 6.54 Å². The number of amides is 1.